The van der Waals surface area contributed by atoms with E-state index in [0.717, 1.165) is 25.2 Å². The van der Waals surface area contributed by atoms with Crippen molar-refractivity contribution in [3.8, 4) is 0 Å². The standard InChI is InChI=1S/C16H25FN2/c1-4-8-18-11-13-7-9-19(3)16(13)15-6-5-14(17)10-12(15)2/h5-6,10,13,16,18H,4,7-9,11H2,1-3H3. The molecule has 2 unspecified atom stereocenters. The van der Waals surface area contributed by atoms with Gasteiger partial charge in [-0.05, 0) is 75.6 Å². The zero-order valence-electron chi connectivity index (χ0n) is 12.2. The fourth-order valence-corrected chi connectivity index (χ4v) is 3.17. The van der Waals surface area contributed by atoms with Crippen molar-refractivity contribution in [2.75, 3.05) is 26.7 Å². The number of hydrogen-bond donors (Lipinski definition) is 1. The highest BCUT2D eigenvalue weighted by Crippen LogP contribution is 2.37. The number of hydrogen-bond acceptors (Lipinski definition) is 2. The summed E-state index contributed by atoms with van der Waals surface area (Å²) in [6.07, 6.45) is 2.39. The van der Waals surface area contributed by atoms with Gasteiger partial charge in [0.25, 0.3) is 0 Å². The zero-order chi connectivity index (χ0) is 13.8. The summed E-state index contributed by atoms with van der Waals surface area (Å²) in [5.41, 5.74) is 2.35. The summed E-state index contributed by atoms with van der Waals surface area (Å²) in [6, 6.07) is 5.62. The third-order valence-corrected chi connectivity index (χ3v) is 4.16. The summed E-state index contributed by atoms with van der Waals surface area (Å²) in [4.78, 5) is 2.40. The zero-order valence-corrected chi connectivity index (χ0v) is 12.2. The van der Waals surface area contributed by atoms with E-state index < -0.39 is 0 Å². The highest BCUT2D eigenvalue weighted by molar-refractivity contribution is 5.31. The first-order chi connectivity index (χ1) is 9.13. The molecule has 0 bridgehead atoms. The van der Waals surface area contributed by atoms with Gasteiger partial charge in [-0.15, -0.1) is 0 Å². The number of nitrogens with zero attached hydrogens (tertiary/aromatic N) is 1. The highest BCUT2D eigenvalue weighted by Gasteiger charge is 2.33. The van der Waals surface area contributed by atoms with Crippen LogP contribution in [0.3, 0.4) is 0 Å². The second-order valence-corrected chi connectivity index (χ2v) is 5.68. The average molecular weight is 264 g/mol. The molecule has 1 N–H and O–H groups in total. The molecule has 2 atom stereocenters. The molecule has 0 spiro atoms. The van der Waals surface area contributed by atoms with E-state index in [9.17, 15) is 4.39 Å². The van der Waals surface area contributed by atoms with Gasteiger partial charge in [-0.3, -0.25) is 4.90 Å². The topological polar surface area (TPSA) is 15.3 Å². The summed E-state index contributed by atoms with van der Waals surface area (Å²) in [5.74, 6) is 0.489. The maximum absolute atomic E-state index is 13.3. The summed E-state index contributed by atoms with van der Waals surface area (Å²) in [5, 5.41) is 3.53. The number of aryl methyl sites for hydroxylation is 1. The van der Waals surface area contributed by atoms with Crippen LogP contribution in [0.25, 0.3) is 0 Å². The van der Waals surface area contributed by atoms with Crippen molar-refractivity contribution >= 4 is 0 Å². The summed E-state index contributed by atoms with van der Waals surface area (Å²) in [7, 11) is 2.17. The van der Waals surface area contributed by atoms with Gasteiger partial charge >= 0.3 is 0 Å². The lowest BCUT2D eigenvalue weighted by Crippen LogP contribution is -2.29. The Hall–Kier alpha value is -0.930. The van der Waals surface area contributed by atoms with Crippen molar-refractivity contribution in [3.05, 3.63) is 35.1 Å². The Labute approximate surface area is 116 Å². The first-order valence-electron chi connectivity index (χ1n) is 7.30. The van der Waals surface area contributed by atoms with Crippen LogP contribution < -0.4 is 5.32 Å². The quantitative estimate of drug-likeness (QED) is 0.822. The van der Waals surface area contributed by atoms with Crippen molar-refractivity contribution in [3.63, 3.8) is 0 Å². The first-order valence-corrected chi connectivity index (χ1v) is 7.30. The molecule has 1 aliphatic rings. The minimum absolute atomic E-state index is 0.137. The first kappa shape index (κ1) is 14.5. The van der Waals surface area contributed by atoms with Crippen molar-refractivity contribution in [2.45, 2.75) is 32.7 Å². The Kier molecular flexibility index (Phi) is 4.94. The average Bonchev–Trinajstić information content (AvgIpc) is 2.72. The molecule has 1 aliphatic heterocycles. The smallest absolute Gasteiger partial charge is 0.123 e. The lowest BCUT2D eigenvalue weighted by atomic mass is 9.91. The van der Waals surface area contributed by atoms with Crippen molar-refractivity contribution in [1.82, 2.24) is 10.2 Å². The van der Waals surface area contributed by atoms with Crippen LogP contribution in [-0.4, -0.2) is 31.6 Å². The summed E-state index contributed by atoms with van der Waals surface area (Å²) >= 11 is 0. The maximum atomic E-state index is 13.3. The molecule has 2 nitrogen and oxygen atoms in total. The van der Waals surface area contributed by atoms with Crippen LogP contribution in [0.4, 0.5) is 4.39 Å². The molecule has 1 aromatic carbocycles. The molecule has 1 heterocycles. The largest absolute Gasteiger partial charge is 0.316 e. The molecule has 1 saturated heterocycles. The Morgan fingerprint density at radius 2 is 2.21 bits per heavy atom. The Balaban J connectivity index is 2.14. The lowest BCUT2D eigenvalue weighted by molar-refractivity contribution is 0.271. The van der Waals surface area contributed by atoms with Crippen LogP contribution in [0.15, 0.2) is 18.2 Å². The van der Waals surface area contributed by atoms with E-state index in [1.54, 1.807) is 12.1 Å². The lowest BCUT2D eigenvalue weighted by Gasteiger charge is -2.27. The van der Waals surface area contributed by atoms with Crippen LogP contribution in [0.1, 0.15) is 36.9 Å². The van der Waals surface area contributed by atoms with Crippen molar-refractivity contribution in [2.24, 2.45) is 5.92 Å². The molecule has 1 fully saturated rings. The van der Waals surface area contributed by atoms with Gasteiger partial charge < -0.3 is 5.32 Å². The van der Waals surface area contributed by atoms with Gasteiger partial charge in [0.05, 0.1) is 0 Å². The van der Waals surface area contributed by atoms with E-state index in [1.807, 2.05) is 13.0 Å². The van der Waals surface area contributed by atoms with Crippen LogP contribution in [-0.2, 0) is 0 Å². The van der Waals surface area contributed by atoms with Gasteiger partial charge in [-0.1, -0.05) is 13.0 Å². The van der Waals surface area contributed by atoms with Gasteiger partial charge in [0.15, 0.2) is 0 Å². The van der Waals surface area contributed by atoms with Gasteiger partial charge in [0.1, 0.15) is 5.82 Å². The van der Waals surface area contributed by atoms with Crippen LogP contribution >= 0.6 is 0 Å². The molecule has 1 aromatic rings. The molecule has 3 heteroatoms. The van der Waals surface area contributed by atoms with Crippen LogP contribution in [0.5, 0.6) is 0 Å². The molecule has 2 rings (SSSR count). The van der Waals surface area contributed by atoms with E-state index in [-0.39, 0.29) is 5.82 Å². The monoisotopic (exact) mass is 264 g/mol. The SMILES string of the molecule is CCCNCC1CCN(C)C1c1ccc(F)cc1C. The van der Waals surface area contributed by atoms with E-state index in [2.05, 4.69) is 24.2 Å². The number of halogens is 1. The van der Waals surface area contributed by atoms with E-state index in [1.165, 1.54) is 18.4 Å². The number of rotatable bonds is 5. The Morgan fingerprint density at radius 3 is 2.89 bits per heavy atom. The molecular weight excluding hydrogens is 239 g/mol. The normalized spacial score (nSPS) is 24.0. The number of likely N-dealkylation sites (tertiary alicyclic amines) is 1. The van der Waals surface area contributed by atoms with Gasteiger partial charge in [-0.2, -0.15) is 0 Å². The summed E-state index contributed by atoms with van der Waals surface area (Å²) in [6.45, 7) is 7.46. The van der Waals surface area contributed by atoms with Gasteiger partial charge in [-0.25, -0.2) is 4.39 Å². The molecule has 106 valence electrons. The van der Waals surface area contributed by atoms with Gasteiger partial charge in [0.2, 0.25) is 0 Å². The molecule has 0 amide bonds. The number of nitrogens with one attached hydrogen (secondary N) is 1. The van der Waals surface area contributed by atoms with Gasteiger partial charge in [0, 0.05) is 6.04 Å². The van der Waals surface area contributed by atoms with E-state index >= 15 is 0 Å². The van der Waals surface area contributed by atoms with Crippen LogP contribution in [0.2, 0.25) is 0 Å². The second-order valence-electron chi connectivity index (χ2n) is 5.68. The fourth-order valence-electron chi connectivity index (χ4n) is 3.17. The molecule has 0 aromatic heterocycles. The Morgan fingerprint density at radius 1 is 1.42 bits per heavy atom. The second kappa shape index (κ2) is 6.49. The molecule has 0 radical (unpaired) electrons. The minimum atomic E-state index is -0.137. The molecular formula is C16H25FN2. The minimum Gasteiger partial charge on any atom is -0.316 e. The van der Waals surface area contributed by atoms with Crippen molar-refractivity contribution in [1.29, 1.82) is 0 Å². The molecule has 19 heavy (non-hydrogen) atoms. The fraction of sp³-hybridized carbons (Fsp3) is 0.625. The third kappa shape index (κ3) is 3.34. The highest BCUT2D eigenvalue weighted by atomic mass is 19.1. The van der Waals surface area contributed by atoms with Crippen molar-refractivity contribution < 1.29 is 4.39 Å². The number of benzene rings is 1. The molecule has 0 aliphatic carbocycles. The maximum Gasteiger partial charge on any atom is 0.123 e. The predicted molar refractivity (Wildman–Crippen MR) is 77.8 cm³/mol. The molecule has 0 saturated carbocycles. The third-order valence-electron chi connectivity index (χ3n) is 4.16. The van der Waals surface area contributed by atoms with E-state index in [0.29, 0.717) is 12.0 Å². The van der Waals surface area contributed by atoms with E-state index in [4.69, 9.17) is 0 Å². The predicted octanol–water partition coefficient (Wildman–Crippen LogP) is 3.13. The van der Waals surface area contributed by atoms with Crippen LogP contribution in [0, 0.1) is 18.7 Å². The Bertz CT molecular complexity index is 419. The summed E-state index contributed by atoms with van der Waals surface area (Å²) < 4.78 is 13.3.